The van der Waals surface area contributed by atoms with Crippen molar-refractivity contribution in [1.29, 1.82) is 0 Å². The minimum Gasteiger partial charge on any atom is -0.126 e. The van der Waals surface area contributed by atoms with E-state index in [9.17, 15) is 0 Å². The minimum absolute atomic E-state index is 0.559. The molecule has 0 aliphatic rings. The van der Waals surface area contributed by atoms with Gasteiger partial charge in [-0.2, -0.15) is 0 Å². The highest BCUT2D eigenvalue weighted by Crippen LogP contribution is 2.29. The van der Waals surface area contributed by atoms with E-state index in [0.29, 0.717) is 5.92 Å². The van der Waals surface area contributed by atoms with Gasteiger partial charge in [-0.1, -0.05) is 20.3 Å². The van der Waals surface area contributed by atoms with Gasteiger partial charge in [0.05, 0.1) is 0 Å². The topological polar surface area (TPSA) is 0 Å². The zero-order valence-electron chi connectivity index (χ0n) is 5.63. The van der Waals surface area contributed by atoms with Gasteiger partial charge in [-0.15, -0.1) is 33.2 Å². The molecule has 0 spiro atoms. The van der Waals surface area contributed by atoms with Gasteiger partial charge in [0.2, 0.25) is 0 Å². The lowest BCUT2D eigenvalue weighted by Gasteiger charge is -2.12. The fourth-order valence-corrected chi connectivity index (χ4v) is 3.99. The quantitative estimate of drug-likeness (QED) is 0.487. The second-order valence-corrected chi connectivity index (χ2v) is 11.5. The maximum atomic E-state index is 5.68. The van der Waals surface area contributed by atoms with Crippen molar-refractivity contribution in [2.75, 3.05) is 0 Å². The Morgan fingerprint density at radius 1 is 1.33 bits per heavy atom. The van der Waals surface area contributed by atoms with E-state index in [0.717, 1.165) is 12.5 Å². The summed E-state index contributed by atoms with van der Waals surface area (Å²) in [6, 6.07) is -1.54. The molecule has 0 rings (SSSR count). The van der Waals surface area contributed by atoms with Crippen LogP contribution < -0.4 is 0 Å². The van der Waals surface area contributed by atoms with Crippen molar-refractivity contribution < 1.29 is 0 Å². The summed E-state index contributed by atoms with van der Waals surface area (Å²) in [5.74, 6) is 0.559. The normalized spacial score (nSPS) is 15.7. The Hall–Kier alpha value is 1.09. The summed E-state index contributed by atoms with van der Waals surface area (Å²) in [5.41, 5.74) is 0. The van der Waals surface area contributed by atoms with Crippen molar-refractivity contribution in [3.05, 3.63) is 0 Å². The van der Waals surface area contributed by atoms with E-state index < -0.39 is 6.00 Å². The van der Waals surface area contributed by atoms with Crippen LogP contribution in [0, 0.1) is 5.92 Å². The van der Waals surface area contributed by atoms with E-state index in [1.54, 1.807) is 0 Å². The molecule has 0 aromatic heterocycles. The third kappa shape index (κ3) is 6.98. The molecule has 0 radical (unpaired) electrons. The van der Waals surface area contributed by atoms with Crippen molar-refractivity contribution in [3.8, 4) is 0 Å². The molecule has 0 saturated carbocycles. The van der Waals surface area contributed by atoms with Crippen LogP contribution in [0.2, 0.25) is 6.04 Å². The highest BCUT2D eigenvalue weighted by molar-refractivity contribution is 7.64. The molecule has 0 N–H and O–H groups in total. The Morgan fingerprint density at radius 2 is 1.78 bits per heavy atom. The molecule has 0 fully saturated rings. The molecule has 0 aromatic carbocycles. The summed E-state index contributed by atoms with van der Waals surface area (Å²) >= 11 is 17.0. The van der Waals surface area contributed by atoms with Gasteiger partial charge < -0.3 is 0 Å². The predicted octanol–water partition coefficient (Wildman–Crippen LogP) is 3.69. The van der Waals surface area contributed by atoms with Crippen LogP contribution in [0.25, 0.3) is 0 Å². The van der Waals surface area contributed by atoms with Crippen LogP contribution in [0.1, 0.15) is 20.3 Å². The fraction of sp³-hybridized carbons (Fsp3) is 1.00. The number of hydrogen-bond acceptors (Lipinski definition) is 0. The molecule has 0 amide bonds. The molecule has 0 bridgehead atoms. The molecule has 1 atom stereocenters. The summed E-state index contributed by atoms with van der Waals surface area (Å²) in [6.45, 7) is 4.21. The summed E-state index contributed by atoms with van der Waals surface area (Å²) < 4.78 is 0. The molecule has 0 aliphatic heterocycles. The van der Waals surface area contributed by atoms with E-state index in [4.69, 9.17) is 33.2 Å². The Balaban J connectivity index is 3.47. The van der Waals surface area contributed by atoms with Crippen molar-refractivity contribution in [2.45, 2.75) is 26.3 Å². The van der Waals surface area contributed by atoms with Gasteiger partial charge in [0, 0.05) is 0 Å². The van der Waals surface area contributed by atoms with Crippen molar-refractivity contribution in [2.24, 2.45) is 5.92 Å². The van der Waals surface area contributed by atoms with E-state index in [2.05, 4.69) is 13.8 Å². The molecule has 0 heterocycles. The standard InChI is InChI=1S/C5H11Cl3Si/c1-3-5(2)4-9(6,7)8/h5H,3-4H2,1-2H3/t5-/m0/s1. The van der Waals surface area contributed by atoms with Crippen molar-refractivity contribution in [3.63, 3.8) is 0 Å². The summed E-state index contributed by atoms with van der Waals surface area (Å²) in [4.78, 5) is 0. The molecular weight excluding hydrogens is 194 g/mol. The van der Waals surface area contributed by atoms with Crippen LogP contribution in [0.4, 0.5) is 0 Å². The number of hydrogen-bond donors (Lipinski definition) is 0. The van der Waals surface area contributed by atoms with Gasteiger partial charge >= 0.3 is 6.00 Å². The zero-order valence-corrected chi connectivity index (χ0v) is 8.89. The summed E-state index contributed by atoms with van der Waals surface area (Å²) in [6.07, 6.45) is 1.10. The van der Waals surface area contributed by atoms with E-state index in [1.165, 1.54) is 0 Å². The molecule has 0 aromatic rings. The average molecular weight is 206 g/mol. The molecule has 0 aliphatic carbocycles. The lowest BCUT2D eigenvalue weighted by atomic mass is 10.2. The summed E-state index contributed by atoms with van der Waals surface area (Å²) in [5, 5.41) is 0. The maximum absolute atomic E-state index is 5.68. The molecule has 0 nitrogen and oxygen atoms in total. The Morgan fingerprint density at radius 3 is 1.89 bits per heavy atom. The van der Waals surface area contributed by atoms with E-state index in [1.807, 2.05) is 0 Å². The predicted molar refractivity (Wildman–Crippen MR) is 47.6 cm³/mol. The van der Waals surface area contributed by atoms with Crippen LogP contribution in [0.5, 0.6) is 0 Å². The first-order chi connectivity index (χ1) is 3.95. The van der Waals surface area contributed by atoms with E-state index >= 15 is 0 Å². The lowest BCUT2D eigenvalue weighted by molar-refractivity contribution is 0.622. The first-order valence-corrected chi connectivity index (χ1v) is 8.26. The van der Waals surface area contributed by atoms with Crippen molar-refractivity contribution in [1.82, 2.24) is 0 Å². The van der Waals surface area contributed by atoms with Gasteiger partial charge in [-0.25, -0.2) is 0 Å². The Kier molecular flexibility index (Phi) is 4.56. The largest absolute Gasteiger partial charge is 0.341 e. The van der Waals surface area contributed by atoms with Gasteiger partial charge in [0.1, 0.15) is 0 Å². The molecule has 56 valence electrons. The van der Waals surface area contributed by atoms with Crippen LogP contribution in [0.15, 0.2) is 0 Å². The molecular formula is C5H11Cl3Si. The second-order valence-electron chi connectivity index (χ2n) is 2.33. The first-order valence-electron chi connectivity index (χ1n) is 3.02. The second kappa shape index (κ2) is 4.07. The first kappa shape index (κ1) is 10.1. The van der Waals surface area contributed by atoms with Gasteiger partial charge in [0.25, 0.3) is 0 Å². The van der Waals surface area contributed by atoms with Gasteiger partial charge in [0.15, 0.2) is 0 Å². The smallest absolute Gasteiger partial charge is 0.126 e. The van der Waals surface area contributed by atoms with Crippen LogP contribution in [-0.2, 0) is 0 Å². The van der Waals surface area contributed by atoms with Crippen LogP contribution >= 0.6 is 33.2 Å². The molecule has 0 saturated heterocycles. The zero-order chi connectivity index (χ0) is 7.49. The number of rotatable bonds is 3. The average Bonchev–Trinajstić information content (AvgIpc) is 1.62. The molecule has 4 heteroatoms. The van der Waals surface area contributed by atoms with Gasteiger partial charge in [-0.05, 0) is 12.0 Å². The van der Waals surface area contributed by atoms with Crippen LogP contribution in [0.3, 0.4) is 0 Å². The highest BCUT2D eigenvalue weighted by atomic mass is 35.8. The Bertz CT molecular complexity index is 78.8. The third-order valence-corrected chi connectivity index (χ3v) is 3.83. The van der Waals surface area contributed by atoms with Gasteiger partial charge in [-0.3, -0.25) is 0 Å². The maximum Gasteiger partial charge on any atom is 0.341 e. The fourth-order valence-electron chi connectivity index (χ4n) is 0.539. The lowest BCUT2D eigenvalue weighted by Crippen LogP contribution is -2.13. The summed E-state index contributed by atoms with van der Waals surface area (Å²) in [7, 11) is 0. The monoisotopic (exact) mass is 204 g/mol. The van der Waals surface area contributed by atoms with Crippen molar-refractivity contribution >= 4 is 39.2 Å². The van der Waals surface area contributed by atoms with Crippen LogP contribution in [-0.4, -0.2) is 6.00 Å². The van der Waals surface area contributed by atoms with E-state index in [-0.39, 0.29) is 0 Å². The third-order valence-electron chi connectivity index (χ3n) is 1.28. The SMILES string of the molecule is CC[C@H](C)C[Si](Cl)(Cl)Cl. The molecule has 0 unspecified atom stereocenters. The highest BCUT2D eigenvalue weighted by Gasteiger charge is 2.26. The minimum atomic E-state index is -2.32. The molecule has 9 heavy (non-hydrogen) atoms. The Labute approximate surface area is 71.6 Å². The number of halogens is 3.